The number of nitrogens with two attached hydrogens (primary N) is 1. The third-order valence-corrected chi connectivity index (χ3v) is 4.74. The van der Waals surface area contributed by atoms with E-state index in [0.29, 0.717) is 19.6 Å². The van der Waals surface area contributed by atoms with Crippen molar-refractivity contribution in [3.8, 4) is 5.75 Å². The van der Waals surface area contributed by atoms with Crippen LogP contribution in [0, 0.1) is 17.6 Å². The number of carbonyl (C=O) groups excluding carboxylic acids is 1. The zero-order valence-corrected chi connectivity index (χ0v) is 13.9. The van der Waals surface area contributed by atoms with Crippen LogP contribution in [0.3, 0.4) is 0 Å². The Kier molecular flexibility index (Phi) is 4.99. The van der Waals surface area contributed by atoms with E-state index in [1.807, 2.05) is 30.3 Å². The van der Waals surface area contributed by atoms with Crippen LogP contribution in [0.15, 0.2) is 42.5 Å². The van der Waals surface area contributed by atoms with Gasteiger partial charge in [-0.15, -0.1) is 0 Å². The summed E-state index contributed by atoms with van der Waals surface area (Å²) < 4.78 is 33.0. The molecule has 132 valence electrons. The van der Waals surface area contributed by atoms with Crippen LogP contribution in [0.25, 0.3) is 0 Å². The number of methoxy groups -OCH3 is 1. The third-order valence-electron chi connectivity index (χ3n) is 4.74. The van der Waals surface area contributed by atoms with Crippen molar-refractivity contribution in [1.82, 2.24) is 4.90 Å². The molecular weight excluding hydrogens is 326 g/mol. The molecule has 1 heterocycles. The maximum absolute atomic E-state index is 14.2. The molecule has 3 rings (SSSR count). The lowest BCUT2D eigenvalue weighted by Gasteiger charge is -2.19. The lowest BCUT2D eigenvalue weighted by atomic mass is 9.89. The predicted molar refractivity (Wildman–Crippen MR) is 90.5 cm³/mol. The number of likely N-dealkylation sites (tertiary alicyclic amines) is 1. The Labute approximate surface area is 145 Å². The first kappa shape index (κ1) is 17.4. The second-order valence-electron chi connectivity index (χ2n) is 6.16. The molecule has 0 unspecified atom stereocenters. The van der Waals surface area contributed by atoms with Gasteiger partial charge in [-0.1, -0.05) is 30.3 Å². The summed E-state index contributed by atoms with van der Waals surface area (Å²) in [5.41, 5.74) is 6.59. The van der Waals surface area contributed by atoms with E-state index in [1.165, 1.54) is 12.0 Å². The highest BCUT2D eigenvalue weighted by molar-refractivity contribution is 5.97. The summed E-state index contributed by atoms with van der Waals surface area (Å²) >= 11 is 0. The van der Waals surface area contributed by atoms with Gasteiger partial charge in [0.1, 0.15) is 11.4 Å². The molecule has 1 fully saturated rings. The van der Waals surface area contributed by atoms with Gasteiger partial charge in [-0.25, -0.2) is 8.78 Å². The Morgan fingerprint density at radius 1 is 1.16 bits per heavy atom. The first-order valence-corrected chi connectivity index (χ1v) is 8.13. The molecule has 6 heteroatoms. The normalized spacial score (nSPS) is 19.9. The summed E-state index contributed by atoms with van der Waals surface area (Å²) in [4.78, 5) is 14.4. The van der Waals surface area contributed by atoms with Crippen LogP contribution in [0.2, 0.25) is 0 Å². The lowest BCUT2D eigenvalue weighted by molar-refractivity contribution is 0.0777. The van der Waals surface area contributed by atoms with E-state index in [-0.39, 0.29) is 23.1 Å². The Bertz CT molecular complexity index is 768. The molecule has 0 radical (unpaired) electrons. The van der Waals surface area contributed by atoms with E-state index in [1.54, 1.807) is 0 Å². The summed E-state index contributed by atoms with van der Waals surface area (Å²) in [5.74, 6) is -2.37. The van der Waals surface area contributed by atoms with Crippen molar-refractivity contribution in [2.45, 2.75) is 5.92 Å². The predicted octanol–water partition coefficient (Wildman–Crippen LogP) is 2.79. The molecule has 1 saturated heterocycles. The Morgan fingerprint density at radius 2 is 1.84 bits per heavy atom. The molecule has 2 aromatic carbocycles. The van der Waals surface area contributed by atoms with E-state index in [4.69, 9.17) is 10.5 Å². The smallest absolute Gasteiger partial charge is 0.260 e. The van der Waals surface area contributed by atoms with Crippen molar-refractivity contribution in [2.75, 3.05) is 26.7 Å². The lowest BCUT2D eigenvalue weighted by Crippen LogP contribution is -2.31. The minimum absolute atomic E-state index is 0.0639. The van der Waals surface area contributed by atoms with Crippen molar-refractivity contribution in [3.05, 3.63) is 65.2 Å². The molecule has 0 aliphatic carbocycles. The molecule has 0 spiro atoms. The van der Waals surface area contributed by atoms with Crippen molar-refractivity contribution in [1.29, 1.82) is 0 Å². The van der Waals surface area contributed by atoms with Crippen molar-refractivity contribution in [3.63, 3.8) is 0 Å². The zero-order valence-electron chi connectivity index (χ0n) is 13.9. The average molecular weight is 346 g/mol. The standard InChI is InChI=1S/C19H20F2N2O2/c1-25-18-16(21)8-7-15(20)17(18)19(24)23-10-13(9-22)14(11-23)12-5-3-2-4-6-12/h2-8,13-14H,9-11,22H2,1H3/t13-,14+/m1/s1. The molecule has 2 N–H and O–H groups in total. The van der Waals surface area contributed by atoms with Crippen LogP contribution >= 0.6 is 0 Å². The number of hydrogen-bond donors (Lipinski definition) is 1. The molecule has 1 amide bonds. The van der Waals surface area contributed by atoms with E-state index < -0.39 is 17.5 Å². The van der Waals surface area contributed by atoms with Gasteiger partial charge >= 0.3 is 0 Å². The van der Waals surface area contributed by atoms with Gasteiger partial charge in [-0.3, -0.25) is 4.79 Å². The second kappa shape index (κ2) is 7.19. The number of amides is 1. The quantitative estimate of drug-likeness (QED) is 0.926. The Morgan fingerprint density at radius 3 is 2.48 bits per heavy atom. The molecule has 4 nitrogen and oxygen atoms in total. The molecule has 0 saturated carbocycles. The highest BCUT2D eigenvalue weighted by atomic mass is 19.1. The number of nitrogens with zero attached hydrogens (tertiary/aromatic N) is 1. The van der Waals surface area contributed by atoms with Gasteiger partial charge in [0, 0.05) is 19.0 Å². The maximum Gasteiger partial charge on any atom is 0.260 e. The molecule has 0 aromatic heterocycles. The van der Waals surface area contributed by atoms with Crippen LogP contribution in [-0.4, -0.2) is 37.6 Å². The summed E-state index contributed by atoms with van der Waals surface area (Å²) in [6.07, 6.45) is 0. The Hall–Kier alpha value is -2.47. The molecule has 1 aliphatic heterocycles. The molecular formula is C19H20F2N2O2. The van der Waals surface area contributed by atoms with Crippen LogP contribution in [0.1, 0.15) is 21.8 Å². The first-order valence-electron chi connectivity index (χ1n) is 8.13. The third kappa shape index (κ3) is 3.22. The fraction of sp³-hybridized carbons (Fsp3) is 0.316. The van der Waals surface area contributed by atoms with Gasteiger partial charge in [0.25, 0.3) is 5.91 Å². The number of halogens is 2. The van der Waals surface area contributed by atoms with Crippen LogP contribution in [-0.2, 0) is 0 Å². The van der Waals surface area contributed by atoms with E-state index in [9.17, 15) is 13.6 Å². The van der Waals surface area contributed by atoms with E-state index in [0.717, 1.165) is 17.7 Å². The summed E-state index contributed by atoms with van der Waals surface area (Å²) in [5, 5.41) is 0. The first-order chi connectivity index (χ1) is 12.1. The number of carbonyl (C=O) groups is 1. The number of benzene rings is 2. The monoisotopic (exact) mass is 346 g/mol. The van der Waals surface area contributed by atoms with Crippen LogP contribution < -0.4 is 10.5 Å². The topological polar surface area (TPSA) is 55.6 Å². The van der Waals surface area contributed by atoms with Gasteiger partial charge in [-0.2, -0.15) is 0 Å². The number of ether oxygens (including phenoxy) is 1. The van der Waals surface area contributed by atoms with Crippen LogP contribution in [0.4, 0.5) is 8.78 Å². The number of hydrogen-bond acceptors (Lipinski definition) is 3. The average Bonchev–Trinajstić information content (AvgIpc) is 3.08. The van der Waals surface area contributed by atoms with Gasteiger partial charge < -0.3 is 15.4 Å². The van der Waals surface area contributed by atoms with Crippen molar-refractivity contribution >= 4 is 5.91 Å². The summed E-state index contributed by atoms with van der Waals surface area (Å²) in [6, 6.07) is 11.7. The van der Waals surface area contributed by atoms with E-state index >= 15 is 0 Å². The second-order valence-corrected chi connectivity index (χ2v) is 6.16. The number of rotatable bonds is 4. The van der Waals surface area contributed by atoms with Gasteiger partial charge in [-0.05, 0) is 30.2 Å². The highest BCUT2D eigenvalue weighted by Crippen LogP contribution is 2.35. The highest BCUT2D eigenvalue weighted by Gasteiger charge is 2.37. The fourth-order valence-electron chi connectivity index (χ4n) is 3.44. The van der Waals surface area contributed by atoms with Crippen molar-refractivity contribution in [2.24, 2.45) is 11.7 Å². The summed E-state index contributed by atoms with van der Waals surface area (Å²) in [6.45, 7) is 1.21. The van der Waals surface area contributed by atoms with Gasteiger partial charge in [0.2, 0.25) is 0 Å². The zero-order chi connectivity index (χ0) is 18.0. The van der Waals surface area contributed by atoms with Crippen molar-refractivity contribution < 1.29 is 18.3 Å². The minimum Gasteiger partial charge on any atom is -0.493 e. The molecule has 25 heavy (non-hydrogen) atoms. The van der Waals surface area contributed by atoms with Gasteiger partial charge in [0.05, 0.1) is 7.11 Å². The largest absolute Gasteiger partial charge is 0.493 e. The molecule has 1 aliphatic rings. The minimum atomic E-state index is -0.796. The SMILES string of the molecule is COc1c(F)ccc(F)c1C(=O)N1C[C@@H](CN)[C@H](c2ccccc2)C1. The fourth-order valence-corrected chi connectivity index (χ4v) is 3.44. The maximum atomic E-state index is 14.2. The molecule has 2 aromatic rings. The Balaban J connectivity index is 1.91. The summed E-state index contributed by atoms with van der Waals surface area (Å²) in [7, 11) is 1.22. The van der Waals surface area contributed by atoms with Gasteiger partial charge in [0.15, 0.2) is 11.6 Å². The van der Waals surface area contributed by atoms with E-state index in [2.05, 4.69) is 0 Å². The molecule has 2 atom stereocenters. The molecule has 0 bridgehead atoms. The van der Waals surface area contributed by atoms with Crippen LogP contribution in [0.5, 0.6) is 5.75 Å².